The van der Waals surface area contributed by atoms with Crippen molar-refractivity contribution in [3.8, 4) is 11.1 Å². The molecule has 0 unspecified atom stereocenters. The van der Waals surface area contributed by atoms with Crippen LogP contribution in [0.1, 0.15) is 31.9 Å². The summed E-state index contributed by atoms with van der Waals surface area (Å²) in [6, 6.07) is 17.6. The van der Waals surface area contributed by atoms with Gasteiger partial charge < -0.3 is 4.74 Å². The van der Waals surface area contributed by atoms with E-state index in [4.69, 9.17) is 4.74 Å². The standard InChI is InChI=1S/C20H24OS/c1-19(2,3)22-14-20(13-21-4)17-11-7-5-9-15(17)16-10-6-8-12-18(16)20/h5-12H,13-14H2,1-4H3. The first kappa shape index (κ1) is 15.6. The van der Waals surface area contributed by atoms with Crippen molar-refractivity contribution in [2.45, 2.75) is 30.9 Å². The number of hydrogen-bond acceptors (Lipinski definition) is 2. The first-order chi connectivity index (χ1) is 10.5. The Kier molecular flexibility index (Phi) is 4.09. The molecule has 2 heteroatoms. The third-order valence-corrected chi connectivity index (χ3v) is 5.82. The molecule has 0 atom stereocenters. The second-order valence-corrected chi connectivity index (χ2v) is 8.81. The molecule has 0 saturated heterocycles. The Bertz CT molecular complexity index is 624. The molecular weight excluding hydrogens is 288 g/mol. The maximum absolute atomic E-state index is 5.69. The van der Waals surface area contributed by atoms with E-state index in [0.29, 0.717) is 0 Å². The van der Waals surface area contributed by atoms with Crippen molar-refractivity contribution in [3.63, 3.8) is 0 Å². The number of benzene rings is 2. The lowest BCUT2D eigenvalue weighted by Crippen LogP contribution is -2.35. The molecular formula is C20H24OS. The summed E-state index contributed by atoms with van der Waals surface area (Å²) in [5.41, 5.74) is 5.51. The predicted octanol–water partition coefficient (Wildman–Crippen LogP) is 5.13. The topological polar surface area (TPSA) is 9.23 Å². The number of methoxy groups -OCH3 is 1. The van der Waals surface area contributed by atoms with Gasteiger partial charge in [-0.15, -0.1) is 0 Å². The van der Waals surface area contributed by atoms with E-state index in [2.05, 4.69) is 69.3 Å². The highest BCUT2D eigenvalue weighted by Gasteiger charge is 2.43. The summed E-state index contributed by atoms with van der Waals surface area (Å²) in [5.74, 6) is 1.04. The van der Waals surface area contributed by atoms with Crippen LogP contribution < -0.4 is 0 Å². The SMILES string of the molecule is COCC1(CSC(C)(C)C)c2ccccc2-c2ccccc21. The van der Waals surface area contributed by atoms with E-state index in [1.165, 1.54) is 22.3 Å². The zero-order valence-electron chi connectivity index (χ0n) is 13.8. The van der Waals surface area contributed by atoms with Gasteiger partial charge in [-0.2, -0.15) is 11.8 Å². The van der Waals surface area contributed by atoms with Crippen LogP contribution in [-0.4, -0.2) is 24.2 Å². The number of thioether (sulfide) groups is 1. The van der Waals surface area contributed by atoms with Crippen molar-refractivity contribution in [3.05, 3.63) is 59.7 Å². The lowest BCUT2D eigenvalue weighted by Gasteiger charge is -2.33. The monoisotopic (exact) mass is 312 g/mol. The van der Waals surface area contributed by atoms with Crippen molar-refractivity contribution < 1.29 is 4.74 Å². The molecule has 0 radical (unpaired) electrons. The zero-order valence-corrected chi connectivity index (χ0v) is 14.7. The van der Waals surface area contributed by atoms with Crippen LogP contribution in [-0.2, 0) is 10.2 Å². The van der Waals surface area contributed by atoms with Crippen molar-refractivity contribution >= 4 is 11.8 Å². The smallest absolute Gasteiger partial charge is 0.0608 e. The maximum Gasteiger partial charge on any atom is 0.0608 e. The van der Waals surface area contributed by atoms with Gasteiger partial charge in [-0.1, -0.05) is 69.3 Å². The normalized spacial score (nSPS) is 15.5. The minimum absolute atomic E-state index is 0.0418. The Morgan fingerprint density at radius 1 is 0.909 bits per heavy atom. The fraction of sp³-hybridized carbons (Fsp3) is 0.400. The highest BCUT2D eigenvalue weighted by atomic mass is 32.2. The molecule has 1 aliphatic carbocycles. The first-order valence-corrected chi connectivity index (χ1v) is 8.79. The lowest BCUT2D eigenvalue weighted by molar-refractivity contribution is 0.159. The summed E-state index contributed by atoms with van der Waals surface area (Å²) in [6.07, 6.45) is 0. The minimum Gasteiger partial charge on any atom is -0.383 e. The number of rotatable bonds is 4. The summed E-state index contributed by atoms with van der Waals surface area (Å²) in [5, 5.41) is 0. The van der Waals surface area contributed by atoms with Crippen LogP contribution in [0.4, 0.5) is 0 Å². The fourth-order valence-corrected chi connectivity index (χ4v) is 4.43. The second kappa shape index (κ2) is 5.75. The largest absolute Gasteiger partial charge is 0.383 e. The van der Waals surface area contributed by atoms with Gasteiger partial charge in [0.15, 0.2) is 0 Å². The second-order valence-electron chi connectivity index (χ2n) is 7.01. The van der Waals surface area contributed by atoms with Crippen molar-refractivity contribution in [2.75, 3.05) is 19.5 Å². The van der Waals surface area contributed by atoms with E-state index in [0.717, 1.165) is 12.4 Å². The summed E-state index contributed by atoms with van der Waals surface area (Å²) in [4.78, 5) is 0. The summed E-state index contributed by atoms with van der Waals surface area (Å²) in [7, 11) is 1.81. The molecule has 0 amide bonds. The molecule has 22 heavy (non-hydrogen) atoms. The van der Waals surface area contributed by atoms with Gasteiger partial charge in [0.2, 0.25) is 0 Å². The molecule has 0 aromatic heterocycles. The molecule has 2 aromatic carbocycles. The van der Waals surface area contributed by atoms with Crippen LogP contribution >= 0.6 is 11.8 Å². The van der Waals surface area contributed by atoms with E-state index >= 15 is 0 Å². The van der Waals surface area contributed by atoms with E-state index in [-0.39, 0.29) is 10.2 Å². The van der Waals surface area contributed by atoms with E-state index in [1.807, 2.05) is 18.9 Å². The molecule has 0 saturated carbocycles. The summed E-state index contributed by atoms with van der Waals surface area (Å²) < 4.78 is 5.94. The fourth-order valence-electron chi connectivity index (χ4n) is 3.35. The molecule has 2 aromatic rings. The Morgan fingerprint density at radius 2 is 1.41 bits per heavy atom. The van der Waals surface area contributed by atoms with Crippen molar-refractivity contribution in [1.82, 2.24) is 0 Å². The molecule has 0 spiro atoms. The Labute approximate surface area is 138 Å². The van der Waals surface area contributed by atoms with Crippen molar-refractivity contribution in [1.29, 1.82) is 0 Å². The van der Waals surface area contributed by atoms with Gasteiger partial charge in [0.25, 0.3) is 0 Å². The van der Waals surface area contributed by atoms with E-state index < -0.39 is 0 Å². The Hall–Kier alpha value is -1.25. The average Bonchev–Trinajstić information content (AvgIpc) is 2.77. The number of fused-ring (bicyclic) bond motifs is 3. The van der Waals surface area contributed by atoms with Crippen LogP contribution in [0.25, 0.3) is 11.1 Å². The van der Waals surface area contributed by atoms with Crippen LogP contribution in [0, 0.1) is 0 Å². The number of ether oxygens (including phenoxy) is 1. The molecule has 1 nitrogen and oxygen atoms in total. The highest BCUT2D eigenvalue weighted by Crippen LogP contribution is 2.51. The Balaban J connectivity index is 2.15. The quantitative estimate of drug-likeness (QED) is 0.774. The molecule has 0 heterocycles. The van der Waals surface area contributed by atoms with Gasteiger partial charge in [-0.05, 0) is 22.3 Å². The summed E-state index contributed by atoms with van der Waals surface area (Å²) >= 11 is 2.02. The van der Waals surface area contributed by atoms with Crippen LogP contribution in [0.2, 0.25) is 0 Å². The third-order valence-electron chi connectivity index (χ3n) is 4.32. The molecule has 116 valence electrons. The molecule has 1 aliphatic rings. The van der Waals surface area contributed by atoms with Crippen LogP contribution in [0.5, 0.6) is 0 Å². The first-order valence-electron chi connectivity index (χ1n) is 7.80. The molecule has 0 N–H and O–H groups in total. The van der Waals surface area contributed by atoms with E-state index in [9.17, 15) is 0 Å². The maximum atomic E-state index is 5.69. The average molecular weight is 312 g/mol. The number of hydrogen-bond donors (Lipinski definition) is 0. The van der Waals surface area contributed by atoms with Crippen LogP contribution in [0.3, 0.4) is 0 Å². The van der Waals surface area contributed by atoms with E-state index in [1.54, 1.807) is 0 Å². The minimum atomic E-state index is -0.0418. The lowest BCUT2D eigenvalue weighted by atomic mass is 9.81. The van der Waals surface area contributed by atoms with Gasteiger partial charge in [-0.25, -0.2) is 0 Å². The van der Waals surface area contributed by atoms with Crippen molar-refractivity contribution in [2.24, 2.45) is 0 Å². The molecule has 3 rings (SSSR count). The third kappa shape index (κ3) is 2.59. The zero-order chi connectivity index (χ0) is 15.8. The highest BCUT2D eigenvalue weighted by molar-refractivity contribution is 8.00. The predicted molar refractivity (Wildman–Crippen MR) is 96.7 cm³/mol. The van der Waals surface area contributed by atoms with Gasteiger partial charge in [0.05, 0.1) is 12.0 Å². The van der Waals surface area contributed by atoms with Gasteiger partial charge in [-0.3, -0.25) is 0 Å². The van der Waals surface area contributed by atoms with Crippen LogP contribution in [0.15, 0.2) is 48.5 Å². The molecule has 0 aliphatic heterocycles. The van der Waals surface area contributed by atoms with Gasteiger partial charge in [0.1, 0.15) is 0 Å². The molecule has 0 fully saturated rings. The van der Waals surface area contributed by atoms with Gasteiger partial charge in [0, 0.05) is 17.6 Å². The van der Waals surface area contributed by atoms with Gasteiger partial charge >= 0.3 is 0 Å². The summed E-state index contributed by atoms with van der Waals surface area (Å²) in [6.45, 7) is 7.57. The Morgan fingerprint density at radius 3 is 1.86 bits per heavy atom. The molecule has 0 bridgehead atoms.